The molecule has 0 bridgehead atoms. The van der Waals surface area contributed by atoms with Gasteiger partial charge in [0, 0.05) is 19.5 Å². The zero-order chi connectivity index (χ0) is 16.2. The Morgan fingerprint density at radius 1 is 1.13 bits per heavy atom. The number of aromatic nitrogens is 2. The molecule has 0 amide bonds. The summed E-state index contributed by atoms with van der Waals surface area (Å²) < 4.78 is 7.65. The highest BCUT2D eigenvalue weighted by Gasteiger charge is 2.18. The Balaban J connectivity index is 1.85. The second-order valence-corrected chi connectivity index (χ2v) is 5.73. The topological polar surface area (TPSA) is 53.1 Å². The Bertz CT molecular complexity index is 777. The molecule has 4 heteroatoms. The number of benzene rings is 2. The summed E-state index contributed by atoms with van der Waals surface area (Å²) in [4.78, 5) is 4.78. The second-order valence-electron chi connectivity index (χ2n) is 5.73. The van der Waals surface area contributed by atoms with E-state index in [2.05, 4.69) is 29.8 Å². The van der Waals surface area contributed by atoms with E-state index in [4.69, 9.17) is 15.5 Å². The number of nitrogens with zero attached hydrogens (tertiary/aromatic N) is 2. The summed E-state index contributed by atoms with van der Waals surface area (Å²) in [6.45, 7) is 3.25. The third kappa shape index (κ3) is 3.22. The van der Waals surface area contributed by atoms with E-state index in [9.17, 15) is 0 Å². The maximum Gasteiger partial charge on any atom is 0.119 e. The number of para-hydroxylation sites is 2. The van der Waals surface area contributed by atoms with Crippen molar-refractivity contribution >= 4 is 11.0 Å². The number of rotatable bonds is 6. The number of hydrogen-bond acceptors (Lipinski definition) is 3. The molecule has 1 unspecified atom stereocenters. The number of ether oxygens (including phenoxy) is 1. The van der Waals surface area contributed by atoms with Gasteiger partial charge in [0.2, 0.25) is 0 Å². The third-order valence-corrected chi connectivity index (χ3v) is 4.19. The molecule has 0 radical (unpaired) electrons. The number of nitrogens with two attached hydrogens (primary N) is 1. The van der Waals surface area contributed by atoms with Gasteiger partial charge in [0.1, 0.15) is 11.6 Å². The molecule has 0 saturated carbocycles. The van der Waals surface area contributed by atoms with E-state index in [1.54, 1.807) is 0 Å². The summed E-state index contributed by atoms with van der Waals surface area (Å²) in [7, 11) is 2.06. The van der Waals surface area contributed by atoms with Gasteiger partial charge in [0.25, 0.3) is 0 Å². The van der Waals surface area contributed by atoms with Crippen molar-refractivity contribution in [3.63, 3.8) is 0 Å². The van der Waals surface area contributed by atoms with E-state index in [0.717, 1.165) is 29.0 Å². The number of aryl methyl sites for hydroxylation is 1. The molecule has 120 valence electrons. The first-order valence-electron chi connectivity index (χ1n) is 8.06. The average Bonchev–Trinajstić information content (AvgIpc) is 2.92. The minimum Gasteiger partial charge on any atom is -0.494 e. The van der Waals surface area contributed by atoms with Crippen molar-refractivity contribution in [1.29, 1.82) is 0 Å². The van der Waals surface area contributed by atoms with Crippen molar-refractivity contribution in [2.75, 3.05) is 13.2 Å². The zero-order valence-corrected chi connectivity index (χ0v) is 13.7. The van der Waals surface area contributed by atoms with Gasteiger partial charge >= 0.3 is 0 Å². The van der Waals surface area contributed by atoms with Crippen molar-refractivity contribution in [1.82, 2.24) is 9.55 Å². The lowest BCUT2D eigenvalue weighted by Crippen LogP contribution is -2.18. The summed E-state index contributed by atoms with van der Waals surface area (Å²) in [5, 5.41) is 0. The average molecular weight is 309 g/mol. The minimum atomic E-state index is 0.199. The van der Waals surface area contributed by atoms with Gasteiger partial charge in [-0.3, -0.25) is 0 Å². The Morgan fingerprint density at radius 3 is 2.52 bits per heavy atom. The van der Waals surface area contributed by atoms with E-state index < -0.39 is 0 Å². The molecule has 0 fully saturated rings. The van der Waals surface area contributed by atoms with Crippen LogP contribution in [-0.4, -0.2) is 22.7 Å². The van der Waals surface area contributed by atoms with Crippen LogP contribution in [0.3, 0.4) is 0 Å². The van der Waals surface area contributed by atoms with Gasteiger partial charge in [-0.2, -0.15) is 0 Å². The van der Waals surface area contributed by atoms with Crippen LogP contribution in [0.15, 0.2) is 48.5 Å². The molecule has 0 spiro atoms. The summed E-state index contributed by atoms with van der Waals surface area (Å²) in [5.74, 6) is 2.15. The third-order valence-electron chi connectivity index (χ3n) is 4.19. The molecule has 3 aromatic rings. The van der Waals surface area contributed by atoms with Crippen LogP contribution in [0.4, 0.5) is 0 Å². The van der Waals surface area contributed by atoms with Crippen molar-refractivity contribution in [2.24, 2.45) is 12.8 Å². The first-order valence-corrected chi connectivity index (χ1v) is 8.06. The minimum absolute atomic E-state index is 0.199. The smallest absolute Gasteiger partial charge is 0.119 e. The van der Waals surface area contributed by atoms with Crippen LogP contribution in [0.25, 0.3) is 11.0 Å². The maximum atomic E-state index is 6.04. The quantitative estimate of drug-likeness (QED) is 0.760. The van der Waals surface area contributed by atoms with Gasteiger partial charge in [-0.25, -0.2) is 4.98 Å². The number of imidazole rings is 1. The molecule has 0 saturated heterocycles. The van der Waals surface area contributed by atoms with Crippen molar-refractivity contribution in [3.05, 3.63) is 59.9 Å². The van der Waals surface area contributed by atoms with E-state index in [-0.39, 0.29) is 5.92 Å². The van der Waals surface area contributed by atoms with Crippen LogP contribution in [0.1, 0.15) is 24.2 Å². The summed E-state index contributed by atoms with van der Waals surface area (Å²) in [5.41, 5.74) is 9.46. The van der Waals surface area contributed by atoms with Crippen LogP contribution in [0.2, 0.25) is 0 Å². The lowest BCUT2D eigenvalue weighted by molar-refractivity contribution is 0.340. The van der Waals surface area contributed by atoms with Gasteiger partial charge in [0.15, 0.2) is 0 Å². The normalized spacial score (nSPS) is 12.5. The van der Waals surface area contributed by atoms with Gasteiger partial charge in [0.05, 0.1) is 17.6 Å². The van der Waals surface area contributed by atoms with Gasteiger partial charge in [-0.15, -0.1) is 0 Å². The Labute approximate surface area is 136 Å². The molecule has 3 rings (SSSR count). The lowest BCUT2D eigenvalue weighted by atomic mass is 9.98. The van der Waals surface area contributed by atoms with Crippen LogP contribution in [-0.2, 0) is 13.5 Å². The van der Waals surface area contributed by atoms with Gasteiger partial charge in [-0.1, -0.05) is 24.3 Å². The molecule has 0 aliphatic rings. The van der Waals surface area contributed by atoms with Crippen molar-refractivity contribution < 1.29 is 4.74 Å². The molecule has 2 N–H and O–H groups in total. The Morgan fingerprint density at radius 2 is 1.87 bits per heavy atom. The molecule has 0 aliphatic heterocycles. The molecular weight excluding hydrogens is 286 g/mol. The molecule has 2 aromatic carbocycles. The Hall–Kier alpha value is -2.33. The SMILES string of the molecule is CCOc1ccc(CC(CN)c2nc3ccccc3n2C)cc1. The summed E-state index contributed by atoms with van der Waals surface area (Å²) >= 11 is 0. The molecule has 1 atom stereocenters. The maximum absolute atomic E-state index is 6.04. The van der Waals surface area contributed by atoms with E-state index >= 15 is 0 Å². The standard InChI is InChI=1S/C19H23N3O/c1-3-23-16-10-8-14(9-11-16)12-15(13-20)19-21-17-6-4-5-7-18(17)22(19)2/h4-11,15H,3,12-13,20H2,1-2H3. The van der Waals surface area contributed by atoms with Crippen LogP contribution in [0, 0.1) is 0 Å². The van der Waals surface area contributed by atoms with Crippen molar-refractivity contribution in [2.45, 2.75) is 19.3 Å². The Kier molecular flexibility index (Phi) is 4.63. The van der Waals surface area contributed by atoms with Crippen LogP contribution >= 0.6 is 0 Å². The predicted molar refractivity (Wildman–Crippen MR) is 93.8 cm³/mol. The van der Waals surface area contributed by atoms with Gasteiger partial charge < -0.3 is 15.0 Å². The van der Waals surface area contributed by atoms with Crippen LogP contribution in [0.5, 0.6) is 5.75 Å². The summed E-state index contributed by atoms with van der Waals surface area (Å²) in [6.07, 6.45) is 0.875. The van der Waals surface area contributed by atoms with Crippen molar-refractivity contribution in [3.8, 4) is 5.75 Å². The summed E-state index contributed by atoms with van der Waals surface area (Å²) in [6, 6.07) is 16.4. The largest absolute Gasteiger partial charge is 0.494 e. The predicted octanol–water partition coefficient (Wildman–Crippen LogP) is 3.26. The molecular formula is C19H23N3O. The second kappa shape index (κ2) is 6.84. The van der Waals surface area contributed by atoms with E-state index in [0.29, 0.717) is 13.2 Å². The highest BCUT2D eigenvalue weighted by atomic mass is 16.5. The molecule has 4 nitrogen and oxygen atoms in total. The van der Waals surface area contributed by atoms with Crippen LogP contribution < -0.4 is 10.5 Å². The fraction of sp³-hybridized carbons (Fsp3) is 0.316. The van der Waals surface area contributed by atoms with E-state index in [1.807, 2.05) is 37.3 Å². The molecule has 1 heterocycles. The molecule has 0 aliphatic carbocycles. The first-order chi connectivity index (χ1) is 11.2. The zero-order valence-electron chi connectivity index (χ0n) is 13.7. The fourth-order valence-electron chi connectivity index (χ4n) is 2.98. The van der Waals surface area contributed by atoms with E-state index in [1.165, 1.54) is 5.56 Å². The molecule has 23 heavy (non-hydrogen) atoms. The number of fused-ring (bicyclic) bond motifs is 1. The number of hydrogen-bond donors (Lipinski definition) is 1. The first kappa shape index (κ1) is 15.6. The lowest BCUT2D eigenvalue weighted by Gasteiger charge is -2.15. The molecule has 1 aromatic heterocycles. The monoisotopic (exact) mass is 309 g/mol. The van der Waals surface area contributed by atoms with Gasteiger partial charge in [-0.05, 0) is 43.2 Å². The highest BCUT2D eigenvalue weighted by molar-refractivity contribution is 5.75. The highest BCUT2D eigenvalue weighted by Crippen LogP contribution is 2.24. The fourth-order valence-corrected chi connectivity index (χ4v) is 2.98.